The lowest BCUT2D eigenvalue weighted by Gasteiger charge is -2.06. The molecule has 1 aromatic carbocycles. The Bertz CT molecular complexity index is 652. The first-order valence-electron chi connectivity index (χ1n) is 5.46. The number of benzene rings is 1. The van der Waals surface area contributed by atoms with Gasteiger partial charge in [-0.2, -0.15) is 18.3 Å². The van der Waals surface area contributed by atoms with Crippen LogP contribution >= 0.6 is 11.6 Å². The summed E-state index contributed by atoms with van der Waals surface area (Å²) < 4.78 is 38.3. The molecule has 0 aliphatic carbocycles. The minimum atomic E-state index is -4.48. The third-order valence-corrected chi connectivity index (χ3v) is 2.95. The summed E-state index contributed by atoms with van der Waals surface area (Å²) in [5.41, 5.74) is 4.89. The Labute approximate surface area is 116 Å². The van der Waals surface area contributed by atoms with Gasteiger partial charge >= 0.3 is 6.18 Å². The molecule has 0 radical (unpaired) electrons. The zero-order valence-corrected chi connectivity index (χ0v) is 10.7. The second-order valence-electron chi connectivity index (χ2n) is 4.07. The van der Waals surface area contributed by atoms with Crippen molar-refractivity contribution in [3.8, 4) is 0 Å². The molecule has 1 heterocycles. The van der Waals surface area contributed by atoms with Gasteiger partial charge in [-0.25, -0.2) is 0 Å². The second-order valence-corrected chi connectivity index (χ2v) is 4.47. The van der Waals surface area contributed by atoms with Gasteiger partial charge in [0.25, 0.3) is 0 Å². The lowest BCUT2D eigenvalue weighted by atomic mass is 10.1. The molecule has 2 aromatic rings. The van der Waals surface area contributed by atoms with Crippen LogP contribution in [0.25, 0.3) is 0 Å². The normalized spacial score (nSPS) is 11.6. The Morgan fingerprint density at radius 2 is 2.05 bits per heavy atom. The van der Waals surface area contributed by atoms with E-state index >= 15 is 0 Å². The number of carbonyl (C=O) groups is 1. The summed E-state index contributed by atoms with van der Waals surface area (Å²) in [6.45, 7) is 0.0634. The topological polar surface area (TPSA) is 60.9 Å². The van der Waals surface area contributed by atoms with Crippen molar-refractivity contribution >= 4 is 17.5 Å². The molecule has 0 atom stereocenters. The summed E-state index contributed by atoms with van der Waals surface area (Å²) in [6.07, 6.45) is -3.27. The summed E-state index contributed by atoms with van der Waals surface area (Å²) in [5.74, 6) is -0.628. The molecule has 1 aromatic heterocycles. The molecular weight excluding hydrogens is 295 g/mol. The molecule has 0 saturated heterocycles. The van der Waals surface area contributed by atoms with Crippen molar-refractivity contribution in [3.05, 3.63) is 52.3 Å². The van der Waals surface area contributed by atoms with E-state index in [1.807, 2.05) is 0 Å². The van der Waals surface area contributed by atoms with Crippen LogP contribution in [0.15, 0.2) is 30.5 Å². The Balaban J connectivity index is 2.22. The number of primary amides is 1. The van der Waals surface area contributed by atoms with Crippen LogP contribution in [0, 0.1) is 0 Å². The molecule has 0 aliphatic heterocycles. The van der Waals surface area contributed by atoms with Crippen LogP contribution in [-0.2, 0) is 12.7 Å². The highest BCUT2D eigenvalue weighted by Crippen LogP contribution is 2.27. The third kappa shape index (κ3) is 3.11. The van der Waals surface area contributed by atoms with Gasteiger partial charge in [-0.05, 0) is 23.8 Å². The number of hydrogen-bond acceptors (Lipinski definition) is 2. The van der Waals surface area contributed by atoms with Gasteiger partial charge < -0.3 is 5.73 Å². The van der Waals surface area contributed by atoms with E-state index in [4.69, 9.17) is 17.3 Å². The standard InChI is InChI=1S/C12H9ClF3N3O/c13-9-5-7(11(17)20)1-2-8(9)6-19-4-3-10(18-19)12(14,15)16/h1-5H,6H2,(H2,17,20). The number of carbonyl (C=O) groups excluding carboxylic acids is 1. The van der Waals surface area contributed by atoms with Crippen LogP contribution in [-0.4, -0.2) is 15.7 Å². The quantitative estimate of drug-likeness (QED) is 0.947. The summed E-state index contributed by atoms with van der Waals surface area (Å²) in [6, 6.07) is 5.23. The Morgan fingerprint density at radius 1 is 1.35 bits per heavy atom. The number of alkyl halides is 3. The number of halogens is 4. The Morgan fingerprint density at radius 3 is 2.55 bits per heavy atom. The number of aromatic nitrogens is 2. The van der Waals surface area contributed by atoms with Gasteiger partial charge in [-0.3, -0.25) is 9.48 Å². The van der Waals surface area contributed by atoms with Gasteiger partial charge in [0, 0.05) is 16.8 Å². The van der Waals surface area contributed by atoms with Gasteiger partial charge in [-0.1, -0.05) is 17.7 Å². The molecule has 4 nitrogen and oxygen atoms in total. The van der Waals surface area contributed by atoms with Crippen LogP contribution < -0.4 is 5.73 Å². The fraction of sp³-hybridized carbons (Fsp3) is 0.167. The number of nitrogens with zero attached hydrogens (tertiary/aromatic N) is 2. The summed E-state index contributed by atoms with van der Waals surface area (Å²) in [4.78, 5) is 11.0. The SMILES string of the molecule is NC(=O)c1ccc(Cn2ccc(C(F)(F)F)n2)c(Cl)c1. The summed E-state index contributed by atoms with van der Waals surface area (Å²) >= 11 is 5.95. The highest BCUT2D eigenvalue weighted by molar-refractivity contribution is 6.31. The molecule has 8 heteroatoms. The molecule has 0 spiro atoms. The van der Waals surface area contributed by atoms with Crippen LogP contribution in [0.2, 0.25) is 5.02 Å². The summed E-state index contributed by atoms with van der Waals surface area (Å²) in [5, 5.41) is 3.66. The second kappa shape index (κ2) is 5.16. The minimum Gasteiger partial charge on any atom is -0.366 e. The first-order chi connectivity index (χ1) is 9.27. The Hall–Kier alpha value is -2.02. The van der Waals surface area contributed by atoms with E-state index in [0.29, 0.717) is 5.56 Å². The minimum absolute atomic E-state index is 0.0634. The molecule has 0 unspecified atom stereocenters. The zero-order valence-electron chi connectivity index (χ0n) is 9.99. The van der Waals surface area contributed by atoms with Crippen LogP contribution in [0.1, 0.15) is 21.6 Å². The lowest BCUT2D eigenvalue weighted by molar-refractivity contribution is -0.141. The maximum absolute atomic E-state index is 12.4. The molecule has 0 saturated carbocycles. The fourth-order valence-corrected chi connectivity index (χ4v) is 1.84. The smallest absolute Gasteiger partial charge is 0.366 e. The molecule has 106 valence electrons. The predicted molar refractivity (Wildman–Crippen MR) is 66.3 cm³/mol. The molecule has 2 rings (SSSR count). The van der Waals surface area contributed by atoms with Crippen LogP contribution in [0.3, 0.4) is 0 Å². The van der Waals surface area contributed by atoms with Crippen molar-refractivity contribution in [1.82, 2.24) is 9.78 Å². The molecule has 1 amide bonds. The van der Waals surface area contributed by atoms with Gasteiger partial charge in [0.2, 0.25) is 5.91 Å². The van der Waals surface area contributed by atoms with Crippen LogP contribution in [0.4, 0.5) is 13.2 Å². The first-order valence-corrected chi connectivity index (χ1v) is 5.84. The molecule has 0 fully saturated rings. The van der Waals surface area contributed by atoms with E-state index in [9.17, 15) is 18.0 Å². The van der Waals surface area contributed by atoms with E-state index in [1.165, 1.54) is 24.4 Å². The van der Waals surface area contributed by atoms with Crippen molar-refractivity contribution in [1.29, 1.82) is 0 Å². The van der Waals surface area contributed by atoms with Gasteiger partial charge in [0.05, 0.1) is 6.54 Å². The molecule has 0 bridgehead atoms. The van der Waals surface area contributed by atoms with Crippen molar-refractivity contribution in [2.24, 2.45) is 5.73 Å². The van der Waals surface area contributed by atoms with E-state index in [1.54, 1.807) is 0 Å². The maximum Gasteiger partial charge on any atom is 0.435 e. The van der Waals surface area contributed by atoms with Crippen molar-refractivity contribution in [2.45, 2.75) is 12.7 Å². The average molecular weight is 304 g/mol. The summed E-state index contributed by atoms with van der Waals surface area (Å²) in [7, 11) is 0. The van der Waals surface area contributed by atoms with Crippen molar-refractivity contribution < 1.29 is 18.0 Å². The Kier molecular flexibility index (Phi) is 3.71. The molecule has 0 aliphatic rings. The monoisotopic (exact) mass is 303 g/mol. The fourth-order valence-electron chi connectivity index (χ4n) is 1.60. The molecule has 20 heavy (non-hydrogen) atoms. The van der Waals surface area contributed by atoms with Gasteiger partial charge in [0.15, 0.2) is 5.69 Å². The first kappa shape index (κ1) is 14.4. The lowest BCUT2D eigenvalue weighted by Crippen LogP contribution is -2.11. The zero-order chi connectivity index (χ0) is 14.9. The highest BCUT2D eigenvalue weighted by atomic mass is 35.5. The van der Waals surface area contributed by atoms with Crippen molar-refractivity contribution in [2.75, 3.05) is 0 Å². The molecule has 2 N–H and O–H groups in total. The maximum atomic E-state index is 12.4. The van der Waals surface area contributed by atoms with Crippen molar-refractivity contribution in [3.63, 3.8) is 0 Å². The van der Waals surface area contributed by atoms with Gasteiger partial charge in [0.1, 0.15) is 0 Å². The number of hydrogen-bond donors (Lipinski definition) is 1. The number of amides is 1. The van der Waals surface area contributed by atoms with Crippen LogP contribution in [0.5, 0.6) is 0 Å². The third-order valence-electron chi connectivity index (χ3n) is 2.60. The number of nitrogens with two attached hydrogens (primary N) is 1. The van der Waals surface area contributed by atoms with E-state index in [-0.39, 0.29) is 17.1 Å². The van der Waals surface area contributed by atoms with E-state index < -0.39 is 17.8 Å². The van der Waals surface area contributed by atoms with E-state index in [0.717, 1.165) is 10.7 Å². The molecular formula is C12H9ClF3N3O. The van der Waals surface area contributed by atoms with Gasteiger partial charge in [-0.15, -0.1) is 0 Å². The predicted octanol–water partition coefficient (Wildman–Crippen LogP) is 2.70. The highest BCUT2D eigenvalue weighted by Gasteiger charge is 2.33. The average Bonchev–Trinajstić information content (AvgIpc) is 2.80. The number of rotatable bonds is 3. The van der Waals surface area contributed by atoms with E-state index in [2.05, 4.69) is 5.10 Å². The largest absolute Gasteiger partial charge is 0.435 e.